The van der Waals surface area contributed by atoms with E-state index in [9.17, 15) is 0 Å². The van der Waals surface area contributed by atoms with Gasteiger partial charge in [0.2, 0.25) is 0 Å². The molecule has 1 fully saturated rings. The average Bonchev–Trinajstić information content (AvgIpc) is 2.05. The van der Waals surface area contributed by atoms with Crippen LogP contribution in [0.4, 0.5) is 0 Å². The van der Waals surface area contributed by atoms with Gasteiger partial charge in [0.25, 0.3) is 0 Å². The zero-order valence-corrected chi connectivity index (χ0v) is 8.17. The third-order valence-electron chi connectivity index (χ3n) is 2.89. The van der Waals surface area contributed by atoms with Gasteiger partial charge < -0.3 is 4.90 Å². The van der Waals surface area contributed by atoms with Gasteiger partial charge in [0.1, 0.15) is 0 Å². The van der Waals surface area contributed by atoms with Crippen molar-refractivity contribution >= 4 is 0 Å². The highest BCUT2D eigenvalue weighted by molar-refractivity contribution is 4.77. The number of hydrogen-bond acceptors (Lipinski definition) is 2. The summed E-state index contributed by atoms with van der Waals surface area (Å²) in [5.41, 5.74) is 0. The Morgan fingerprint density at radius 1 is 1.09 bits per heavy atom. The first-order chi connectivity index (χ1) is 5.11. The molecule has 66 valence electrons. The Morgan fingerprint density at radius 2 is 1.73 bits per heavy atom. The fraction of sp³-hybridized carbons (Fsp3) is 1.00. The molecule has 1 saturated heterocycles. The Bertz CT molecular complexity index is 125. The van der Waals surface area contributed by atoms with Gasteiger partial charge in [-0.3, -0.25) is 4.90 Å². The maximum atomic E-state index is 2.48. The summed E-state index contributed by atoms with van der Waals surface area (Å²) in [5, 5.41) is 0. The molecule has 11 heavy (non-hydrogen) atoms. The predicted molar refractivity (Wildman–Crippen MR) is 48.8 cm³/mol. The molecule has 1 heterocycles. The Hall–Kier alpha value is -0.0800. The van der Waals surface area contributed by atoms with Crippen molar-refractivity contribution in [1.29, 1.82) is 0 Å². The summed E-state index contributed by atoms with van der Waals surface area (Å²) < 4.78 is 0. The van der Waals surface area contributed by atoms with E-state index in [-0.39, 0.29) is 0 Å². The van der Waals surface area contributed by atoms with Crippen molar-refractivity contribution in [2.45, 2.75) is 32.4 Å². The fourth-order valence-electron chi connectivity index (χ4n) is 1.72. The van der Waals surface area contributed by atoms with Crippen LogP contribution < -0.4 is 0 Å². The minimum atomic E-state index is 0.706. The zero-order chi connectivity index (χ0) is 8.43. The minimum Gasteiger partial charge on any atom is -0.305 e. The number of hydrogen-bond donors (Lipinski definition) is 0. The first kappa shape index (κ1) is 9.01. The van der Waals surface area contributed by atoms with Crippen molar-refractivity contribution < 1.29 is 0 Å². The molecule has 1 aliphatic heterocycles. The molecule has 0 amide bonds. The lowest BCUT2D eigenvalue weighted by Crippen LogP contribution is -2.38. The first-order valence-corrected chi connectivity index (χ1v) is 4.51. The van der Waals surface area contributed by atoms with Gasteiger partial charge in [-0.25, -0.2) is 0 Å². The third kappa shape index (κ3) is 2.17. The molecule has 2 heteroatoms. The lowest BCUT2D eigenvalue weighted by Gasteiger charge is -2.27. The number of nitrogens with zero attached hydrogens (tertiary/aromatic N) is 2. The highest BCUT2D eigenvalue weighted by Gasteiger charge is 2.20. The van der Waals surface area contributed by atoms with Crippen molar-refractivity contribution in [1.82, 2.24) is 9.80 Å². The van der Waals surface area contributed by atoms with E-state index in [2.05, 4.69) is 37.7 Å². The summed E-state index contributed by atoms with van der Waals surface area (Å²) >= 11 is 0. The van der Waals surface area contributed by atoms with E-state index < -0.39 is 0 Å². The van der Waals surface area contributed by atoms with Crippen molar-refractivity contribution in [3.63, 3.8) is 0 Å². The summed E-state index contributed by atoms with van der Waals surface area (Å²) in [7, 11) is 4.44. The summed E-state index contributed by atoms with van der Waals surface area (Å²) in [4.78, 5) is 4.90. The van der Waals surface area contributed by atoms with Gasteiger partial charge in [0.05, 0.1) is 0 Å². The lowest BCUT2D eigenvalue weighted by atomic mass is 10.2. The largest absolute Gasteiger partial charge is 0.305 e. The van der Waals surface area contributed by atoms with Crippen molar-refractivity contribution in [2.75, 3.05) is 27.2 Å². The van der Waals surface area contributed by atoms with E-state index >= 15 is 0 Å². The highest BCUT2D eigenvalue weighted by atomic mass is 15.2. The Kier molecular flexibility index (Phi) is 2.90. The monoisotopic (exact) mass is 156 g/mol. The molecular weight excluding hydrogens is 136 g/mol. The number of rotatable bonds is 0. The van der Waals surface area contributed by atoms with Crippen LogP contribution in [0.5, 0.6) is 0 Å². The molecule has 1 aliphatic rings. The van der Waals surface area contributed by atoms with Gasteiger partial charge in [-0.05, 0) is 40.9 Å². The fourth-order valence-corrected chi connectivity index (χ4v) is 1.72. The summed E-state index contributed by atoms with van der Waals surface area (Å²) in [6.45, 7) is 7.07. The van der Waals surface area contributed by atoms with Crippen LogP contribution in [0.3, 0.4) is 0 Å². The van der Waals surface area contributed by atoms with E-state index in [1.807, 2.05) is 0 Å². The maximum absolute atomic E-state index is 2.48. The van der Waals surface area contributed by atoms with Crippen LogP contribution in [0.2, 0.25) is 0 Å². The van der Waals surface area contributed by atoms with Gasteiger partial charge >= 0.3 is 0 Å². The standard InChI is InChI=1S/C9H20N2/c1-8-5-6-10(3)7-9(2)11(8)4/h8-9H,5-7H2,1-4H3/t8-,9+/m0/s1. The van der Waals surface area contributed by atoms with Gasteiger partial charge in [-0.1, -0.05) is 0 Å². The molecule has 0 bridgehead atoms. The molecule has 0 aromatic carbocycles. The predicted octanol–water partition coefficient (Wildman–Crippen LogP) is 1.03. The summed E-state index contributed by atoms with van der Waals surface area (Å²) in [6.07, 6.45) is 1.30. The second kappa shape index (κ2) is 3.55. The summed E-state index contributed by atoms with van der Waals surface area (Å²) in [6, 6.07) is 1.45. The molecule has 0 aromatic rings. The van der Waals surface area contributed by atoms with Crippen LogP contribution in [-0.2, 0) is 0 Å². The molecule has 2 atom stereocenters. The molecule has 0 spiro atoms. The minimum absolute atomic E-state index is 0.706. The van der Waals surface area contributed by atoms with Crippen LogP contribution in [-0.4, -0.2) is 49.1 Å². The van der Waals surface area contributed by atoms with Gasteiger partial charge in [0, 0.05) is 18.6 Å². The normalized spacial score (nSPS) is 37.1. The summed E-state index contributed by atoms with van der Waals surface area (Å²) in [5.74, 6) is 0. The maximum Gasteiger partial charge on any atom is 0.0194 e. The van der Waals surface area contributed by atoms with Gasteiger partial charge in [0.15, 0.2) is 0 Å². The van der Waals surface area contributed by atoms with Gasteiger partial charge in [-0.15, -0.1) is 0 Å². The molecule has 0 aliphatic carbocycles. The molecule has 0 radical (unpaired) electrons. The van der Waals surface area contributed by atoms with Crippen LogP contribution in [0.25, 0.3) is 0 Å². The van der Waals surface area contributed by atoms with Crippen LogP contribution >= 0.6 is 0 Å². The average molecular weight is 156 g/mol. The molecular formula is C9H20N2. The Morgan fingerprint density at radius 3 is 2.36 bits per heavy atom. The topological polar surface area (TPSA) is 6.48 Å². The lowest BCUT2D eigenvalue weighted by molar-refractivity contribution is 0.196. The van der Waals surface area contributed by atoms with Crippen LogP contribution in [0.15, 0.2) is 0 Å². The van der Waals surface area contributed by atoms with Crippen LogP contribution in [0, 0.1) is 0 Å². The molecule has 0 unspecified atom stereocenters. The highest BCUT2D eigenvalue weighted by Crippen LogP contribution is 2.11. The van der Waals surface area contributed by atoms with Crippen LogP contribution in [0.1, 0.15) is 20.3 Å². The zero-order valence-electron chi connectivity index (χ0n) is 8.17. The SMILES string of the molecule is C[C@@H]1CN(C)CC[C@H](C)N1C. The third-order valence-corrected chi connectivity index (χ3v) is 2.89. The quantitative estimate of drug-likeness (QED) is 0.517. The Balaban J connectivity index is 2.53. The molecule has 0 saturated carbocycles. The second-order valence-corrected chi connectivity index (χ2v) is 3.91. The van der Waals surface area contributed by atoms with E-state index in [4.69, 9.17) is 0 Å². The number of likely N-dealkylation sites (N-methyl/N-ethyl adjacent to an activating group) is 2. The first-order valence-electron chi connectivity index (χ1n) is 4.51. The Labute approximate surface area is 70.2 Å². The molecule has 1 rings (SSSR count). The van der Waals surface area contributed by atoms with E-state index in [1.165, 1.54) is 19.5 Å². The smallest absolute Gasteiger partial charge is 0.0194 e. The van der Waals surface area contributed by atoms with Crippen molar-refractivity contribution in [3.8, 4) is 0 Å². The van der Waals surface area contributed by atoms with Crippen molar-refractivity contribution in [3.05, 3.63) is 0 Å². The van der Waals surface area contributed by atoms with E-state index in [0.717, 1.165) is 6.04 Å². The molecule has 2 nitrogen and oxygen atoms in total. The second-order valence-electron chi connectivity index (χ2n) is 3.91. The van der Waals surface area contributed by atoms with E-state index in [1.54, 1.807) is 0 Å². The van der Waals surface area contributed by atoms with Crippen molar-refractivity contribution in [2.24, 2.45) is 0 Å². The molecule has 0 aromatic heterocycles. The van der Waals surface area contributed by atoms with Gasteiger partial charge in [-0.2, -0.15) is 0 Å². The van der Waals surface area contributed by atoms with E-state index in [0.29, 0.717) is 6.04 Å². The molecule has 0 N–H and O–H groups in total.